The second-order valence-electron chi connectivity index (χ2n) is 3.30. The number of nitrogens with one attached hydrogen (secondary N) is 1. The zero-order valence-electron chi connectivity index (χ0n) is 8.82. The lowest BCUT2D eigenvalue weighted by molar-refractivity contribution is 0.938. The van der Waals surface area contributed by atoms with Gasteiger partial charge in [-0.3, -0.25) is 0 Å². The van der Waals surface area contributed by atoms with Crippen molar-refractivity contribution < 1.29 is 0 Å². The van der Waals surface area contributed by atoms with Crippen molar-refractivity contribution in [3.63, 3.8) is 0 Å². The van der Waals surface area contributed by atoms with E-state index in [2.05, 4.69) is 28.8 Å². The lowest BCUT2D eigenvalue weighted by Crippen LogP contribution is -2.02. The van der Waals surface area contributed by atoms with Gasteiger partial charge in [0.2, 0.25) is 0 Å². The zero-order valence-corrected chi connectivity index (χ0v) is 9.64. The predicted octanol–water partition coefficient (Wildman–Crippen LogP) is 2.35. The number of rotatable bonds is 3. The molecule has 0 spiro atoms. The number of nitrogens with two attached hydrogens (primary N) is 1. The number of aromatic nitrogens is 3. The van der Waals surface area contributed by atoms with Crippen molar-refractivity contribution in [2.24, 2.45) is 0 Å². The molecule has 0 bridgehead atoms. The molecule has 2 rings (SSSR count). The van der Waals surface area contributed by atoms with Crippen molar-refractivity contribution in [2.75, 3.05) is 11.5 Å². The van der Waals surface area contributed by atoms with Crippen molar-refractivity contribution in [3.8, 4) is 0 Å². The third-order valence-corrected chi connectivity index (χ3v) is 3.29. The molecule has 1 unspecified atom stereocenters. The number of thioether (sulfide) groups is 1. The number of hydrogen-bond acceptors (Lipinski definition) is 4. The van der Waals surface area contributed by atoms with Gasteiger partial charge in [-0.1, -0.05) is 6.92 Å². The Morgan fingerprint density at radius 3 is 3.07 bits per heavy atom. The largest absolute Gasteiger partial charge is 0.383 e. The van der Waals surface area contributed by atoms with E-state index in [1.54, 1.807) is 0 Å². The summed E-state index contributed by atoms with van der Waals surface area (Å²) in [6.45, 7) is 4.22. The molecule has 3 N–H and O–H groups in total. The van der Waals surface area contributed by atoms with Crippen LogP contribution >= 0.6 is 11.8 Å². The van der Waals surface area contributed by atoms with Crippen LogP contribution in [0, 0.1) is 0 Å². The Hall–Kier alpha value is -1.23. The van der Waals surface area contributed by atoms with Crippen LogP contribution < -0.4 is 5.73 Å². The molecular formula is C10H14N4S. The van der Waals surface area contributed by atoms with Gasteiger partial charge >= 0.3 is 0 Å². The van der Waals surface area contributed by atoms with Crippen LogP contribution in [0.1, 0.15) is 24.9 Å². The van der Waals surface area contributed by atoms with Crippen LogP contribution in [0.4, 0.5) is 5.82 Å². The van der Waals surface area contributed by atoms with Crippen LogP contribution in [-0.4, -0.2) is 20.7 Å². The summed E-state index contributed by atoms with van der Waals surface area (Å²) in [6, 6.07) is 1.89. The molecule has 0 fully saturated rings. The second kappa shape index (κ2) is 4.10. The Morgan fingerprint density at radius 1 is 1.53 bits per heavy atom. The summed E-state index contributed by atoms with van der Waals surface area (Å²) < 4.78 is 0. The molecule has 1 atom stereocenters. The first-order valence-electron chi connectivity index (χ1n) is 4.94. The van der Waals surface area contributed by atoms with E-state index in [9.17, 15) is 0 Å². The van der Waals surface area contributed by atoms with Gasteiger partial charge in [-0.25, -0.2) is 9.97 Å². The highest BCUT2D eigenvalue weighted by atomic mass is 32.2. The van der Waals surface area contributed by atoms with Crippen molar-refractivity contribution in [1.29, 1.82) is 0 Å². The van der Waals surface area contributed by atoms with Crippen LogP contribution in [0.2, 0.25) is 0 Å². The lowest BCUT2D eigenvalue weighted by Gasteiger charge is -2.08. The molecule has 5 heteroatoms. The Morgan fingerprint density at radius 2 is 2.33 bits per heavy atom. The van der Waals surface area contributed by atoms with E-state index in [-0.39, 0.29) is 5.25 Å². The quantitative estimate of drug-likeness (QED) is 0.836. The Kier molecular flexibility index (Phi) is 2.81. The van der Waals surface area contributed by atoms with E-state index >= 15 is 0 Å². The first-order chi connectivity index (χ1) is 7.22. The normalized spacial score (nSPS) is 13.2. The van der Waals surface area contributed by atoms with E-state index in [4.69, 9.17) is 5.73 Å². The van der Waals surface area contributed by atoms with Crippen LogP contribution in [0.5, 0.6) is 0 Å². The predicted molar refractivity (Wildman–Crippen MR) is 64.8 cm³/mol. The third-order valence-electron chi connectivity index (χ3n) is 2.24. The zero-order chi connectivity index (χ0) is 10.8. The van der Waals surface area contributed by atoms with Gasteiger partial charge in [-0.15, -0.1) is 0 Å². The molecule has 0 aromatic carbocycles. The van der Waals surface area contributed by atoms with Crippen LogP contribution in [0.25, 0.3) is 11.0 Å². The number of fused-ring (bicyclic) bond motifs is 1. The van der Waals surface area contributed by atoms with Crippen LogP contribution in [-0.2, 0) is 0 Å². The SMILES string of the molecule is CCSC(C)c1nc(N)c2cc[nH]c2n1. The fourth-order valence-electron chi connectivity index (χ4n) is 1.49. The molecule has 80 valence electrons. The lowest BCUT2D eigenvalue weighted by atomic mass is 10.3. The number of nitrogen functional groups attached to an aromatic ring is 1. The van der Waals surface area contributed by atoms with E-state index in [0.717, 1.165) is 22.6 Å². The minimum Gasteiger partial charge on any atom is -0.383 e. The molecule has 2 heterocycles. The molecule has 0 radical (unpaired) electrons. The minimum absolute atomic E-state index is 0.282. The number of aromatic amines is 1. The van der Waals surface area contributed by atoms with E-state index in [1.807, 2.05) is 24.0 Å². The number of hydrogen-bond donors (Lipinski definition) is 2. The summed E-state index contributed by atoms with van der Waals surface area (Å²) >= 11 is 1.81. The van der Waals surface area contributed by atoms with Gasteiger partial charge in [0, 0.05) is 6.20 Å². The molecule has 0 saturated heterocycles. The van der Waals surface area contributed by atoms with E-state index in [0.29, 0.717) is 5.82 Å². The highest BCUT2D eigenvalue weighted by molar-refractivity contribution is 7.99. The van der Waals surface area contributed by atoms with Crippen molar-refractivity contribution >= 4 is 28.6 Å². The Labute approximate surface area is 92.7 Å². The first-order valence-corrected chi connectivity index (χ1v) is 5.99. The molecule has 4 nitrogen and oxygen atoms in total. The molecule has 0 saturated carbocycles. The van der Waals surface area contributed by atoms with Gasteiger partial charge in [0.15, 0.2) is 0 Å². The van der Waals surface area contributed by atoms with E-state index in [1.165, 1.54) is 0 Å². The van der Waals surface area contributed by atoms with E-state index < -0.39 is 0 Å². The fraction of sp³-hybridized carbons (Fsp3) is 0.400. The smallest absolute Gasteiger partial charge is 0.145 e. The Bertz CT molecular complexity index is 465. The highest BCUT2D eigenvalue weighted by Crippen LogP contribution is 2.27. The second-order valence-corrected chi connectivity index (χ2v) is 4.92. The molecule has 15 heavy (non-hydrogen) atoms. The van der Waals surface area contributed by atoms with Gasteiger partial charge in [-0.2, -0.15) is 11.8 Å². The van der Waals surface area contributed by atoms with Gasteiger partial charge in [0.1, 0.15) is 17.3 Å². The van der Waals surface area contributed by atoms with Gasteiger partial charge in [0.05, 0.1) is 10.6 Å². The molecular weight excluding hydrogens is 208 g/mol. The Balaban J connectivity index is 2.44. The molecule has 0 amide bonds. The van der Waals surface area contributed by atoms with Crippen molar-refractivity contribution in [3.05, 3.63) is 18.1 Å². The topological polar surface area (TPSA) is 67.6 Å². The molecule has 0 aliphatic carbocycles. The van der Waals surface area contributed by atoms with Crippen LogP contribution in [0.3, 0.4) is 0 Å². The maximum atomic E-state index is 5.86. The van der Waals surface area contributed by atoms with Crippen molar-refractivity contribution in [1.82, 2.24) is 15.0 Å². The summed E-state index contributed by atoms with van der Waals surface area (Å²) in [4.78, 5) is 11.8. The van der Waals surface area contributed by atoms with Crippen LogP contribution in [0.15, 0.2) is 12.3 Å². The fourth-order valence-corrected chi connectivity index (χ4v) is 2.24. The average Bonchev–Trinajstić information content (AvgIpc) is 2.66. The highest BCUT2D eigenvalue weighted by Gasteiger charge is 2.11. The summed E-state index contributed by atoms with van der Waals surface area (Å²) in [5.74, 6) is 2.40. The van der Waals surface area contributed by atoms with Crippen molar-refractivity contribution in [2.45, 2.75) is 19.1 Å². The average molecular weight is 222 g/mol. The maximum Gasteiger partial charge on any atom is 0.145 e. The first kappa shape index (κ1) is 10.3. The standard InChI is InChI=1S/C10H14N4S/c1-3-15-6(2)9-13-8(11)7-4-5-12-10(7)14-9/h4-6H,3H2,1-2H3,(H3,11,12,13,14). The number of anilines is 1. The summed E-state index contributed by atoms with van der Waals surface area (Å²) in [5.41, 5.74) is 6.68. The molecule has 2 aromatic heterocycles. The molecule has 2 aromatic rings. The maximum absolute atomic E-state index is 5.86. The van der Waals surface area contributed by atoms with Gasteiger partial charge in [0.25, 0.3) is 0 Å². The summed E-state index contributed by atoms with van der Waals surface area (Å²) in [6.07, 6.45) is 1.83. The summed E-state index contributed by atoms with van der Waals surface area (Å²) in [5, 5.41) is 1.18. The minimum atomic E-state index is 0.282. The van der Waals surface area contributed by atoms with Gasteiger partial charge < -0.3 is 10.7 Å². The number of H-pyrrole nitrogens is 1. The summed E-state index contributed by atoms with van der Waals surface area (Å²) in [7, 11) is 0. The van der Waals surface area contributed by atoms with Gasteiger partial charge in [-0.05, 0) is 18.7 Å². The number of nitrogens with zero attached hydrogens (tertiary/aromatic N) is 2. The third kappa shape index (κ3) is 1.92. The molecule has 0 aliphatic rings. The monoisotopic (exact) mass is 222 g/mol. The molecule has 0 aliphatic heterocycles.